The van der Waals surface area contributed by atoms with Gasteiger partial charge in [0.05, 0.1) is 12.2 Å². The third kappa shape index (κ3) is 2.35. The van der Waals surface area contributed by atoms with E-state index in [2.05, 4.69) is 39.2 Å². The summed E-state index contributed by atoms with van der Waals surface area (Å²) in [7, 11) is -1.65. The lowest BCUT2D eigenvalue weighted by molar-refractivity contribution is -0.0744. The van der Waals surface area contributed by atoms with Crippen LogP contribution < -0.4 is 5.32 Å². The molecule has 2 fully saturated rings. The second-order valence-electron chi connectivity index (χ2n) is 6.57. The van der Waals surface area contributed by atoms with Gasteiger partial charge in [-0.25, -0.2) is 0 Å². The molecule has 16 heavy (non-hydrogen) atoms. The highest BCUT2D eigenvalue weighted by Gasteiger charge is 2.44. The van der Waals surface area contributed by atoms with Crippen LogP contribution in [0.4, 0.5) is 0 Å². The standard InChI is InChI=1S/C12H25NO2Si/c1-12(2,3)16(4,5)15-10-8-13-11-7-6-9(10)14-11/h9-11,13H,6-8H2,1-5H3/t9-,10-,11?/m1/s1. The molecule has 0 amide bonds. The van der Waals surface area contributed by atoms with Crippen LogP contribution in [0, 0.1) is 0 Å². The van der Waals surface area contributed by atoms with Crippen molar-refractivity contribution in [2.45, 2.75) is 70.2 Å². The third-order valence-corrected chi connectivity index (χ3v) is 8.77. The average Bonchev–Trinajstić information content (AvgIpc) is 2.52. The summed E-state index contributed by atoms with van der Waals surface area (Å²) < 4.78 is 12.3. The molecule has 2 rings (SSSR count). The Morgan fingerprint density at radius 3 is 2.56 bits per heavy atom. The topological polar surface area (TPSA) is 30.5 Å². The van der Waals surface area contributed by atoms with E-state index in [9.17, 15) is 0 Å². The molecular weight excluding hydrogens is 218 g/mol. The summed E-state index contributed by atoms with van der Waals surface area (Å²) in [6.07, 6.45) is 3.18. The first-order valence-corrected chi connectivity index (χ1v) is 9.27. The number of nitrogens with one attached hydrogen (secondary N) is 1. The largest absolute Gasteiger partial charge is 0.410 e. The maximum atomic E-state index is 6.42. The SMILES string of the molecule is CC(C)(C)[Si](C)(C)O[C@@H]1CNC2CC[C@H]1O2. The molecule has 0 spiro atoms. The summed E-state index contributed by atoms with van der Waals surface area (Å²) in [4.78, 5) is 0. The number of ether oxygens (including phenoxy) is 1. The molecule has 0 aromatic carbocycles. The first-order chi connectivity index (χ1) is 7.29. The van der Waals surface area contributed by atoms with Gasteiger partial charge in [0.25, 0.3) is 0 Å². The van der Waals surface area contributed by atoms with Gasteiger partial charge >= 0.3 is 0 Å². The summed E-state index contributed by atoms with van der Waals surface area (Å²) in [5.74, 6) is 0. The second-order valence-corrected chi connectivity index (χ2v) is 11.3. The summed E-state index contributed by atoms with van der Waals surface area (Å²) in [5.41, 5.74) is 0. The number of fused-ring (bicyclic) bond motifs is 2. The van der Waals surface area contributed by atoms with Gasteiger partial charge in [-0.2, -0.15) is 0 Å². The van der Waals surface area contributed by atoms with E-state index in [4.69, 9.17) is 9.16 Å². The highest BCUT2D eigenvalue weighted by Crippen LogP contribution is 2.39. The van der Waals surface area contributed by atoms with Crippen LogP contribution in [0.5, 0.6) is 0 Å². The molecule has 3 nitrogen and oxygen atoms in total. The van der Waals surface area contributed by atoms with Gasteiger partial charge in [0.2, 0.25) is 0 Å². The lowest BCUT2D eigenvalue weighted by Crippen LogP contribution is -2.54. The van der Waals surface area contributed by atoms with Gasteiger partial charge in [-0.05, 0) is 31.0 Å². The Morgan fingerprint density at radius 1 is 1.25 bits per heavy atom. The fraction of sp³-hybridized carbons (Fsp3) is 1.00. The number of rotatable bonds is 2. The quantitative estimate of drug-likeness (QED) is 0.756. The first kappa shape index (κ1) is 12.6. The van der Waals surface area contributed by atoms with Crippen molar-refractivity contribution in [3.8, 4) is 0 Å². The molecule has 2 heterocycles. The van der Waals surface area contributed by atoms with Crippen LogP contribution in [0.2, 0.25) is 18.1 Å². The molecule has 94 valence electrons. The highest BCUT2D eigenvalue weighted by atomic mass is 28.4. The van der Waals surface area contributed by atoms with E-state index in [1.54, 1.807) is 0 Å². The monoisotopic (exact) mass is 243 g/mol. The maximum Gasteiger partial charge on any atom is 0.192 e. The Kier molecular flexibility index (Phi) is 3.21. The maximum absolute atomic E-state index is 6.42. The summed E-state index contributed by atoms with van der Waals surface area (Å²) in [5, 5.41) is 3.69. The molecule has 2 saturated heterocycles. The van der Waals surface area contributed by atoms with E-state index in [0.29, 0.717) is 12.3 Å². The van der Waals surface area contributed by atoms with Crippen LogP contribution in [0.1, 0.15) is 33.6 Å². The normalized spacial score (nSPS) is 35.4. The molecule has 2 bridgehead atoms. The van der Waals surface area contributed by atoms with Crippen molar-refractivity contribution in [2.24, 2.45) is 0 Å². The van der Waals surface area contributed by atoms with E-state index in [1.165, 1.54) is 0 Å². The zero-order valence-corrected chi connectivity index (χ0v) is 12.2. The fourth-order valence-corrected chi connectivity index (χ4v) is 3.48. The molecule has 1 unspecified atom stereocenters. The smallest absolute Gasteiger partial charge is 0.192 e. The zero-order chi connectivity index (χ0) is 12.0. The Morgan fingerprint density at radius 2 is 1.94 bits per heavy atom. The van der Waals surface area contributed by atoms with Crippen LogP contribution in [0.25, 0.3) is 0 Å². The Labute approximate surface area is 100 Å². The molecule has 1 N–H and O–H groups in total. The predicted octanol–water partition coefficient (Wildman–Crippen LogP) is 2.49. The van der Waals surface area contributed by atoms with Gasteiger partial charge in [-0.3, -0.25) is 5.32 Å². The molecule has 0 aliphatic carbocycles. The fourth-order valence-electron chi connectivity index (χ4n) is 2.14. The van der Waals surface area contributed by atoms with Crippen LogP contribution in [0.3, 0.4) is 0 Å². The van der Waals surface area contributed by atoms with E-state index in [1.807, 2.05) is 0 Å². The minimum atomic E-state index is -1.65. The third-order valence-electron chi connectivity index (χ3n) is 4.27. The van der Waals surface area contributed by atoms with Crippen LogP contribution in [-0.2, 0) is 9.16 Å². The van der Waals surface area contributed by atoms with Crippen molar-refractivity contribution in [1.29, 1.82) is 0 Å². The van der Waals surface area contributed by atoms with Gasteiger partial charge < -0.3 is 9.16 Å². The van der Waals surface area contributed by atoms with Gasteiger partial charge in [0, 0.05) is 6.54 Å². The van der Waals surface area contributed by atoms with E-state index in [-0.39, 0.29) is 11.1 Å². The summed E-state index contributed by atoms with van der Waals surface area (Å²) in [6, 6.07) is 0. The first-order valence-electron chi connectivity index (χ1n) is 6.36. The van der Waals surface area contributed by atoms with Crippen molar-refractivity contribution < 1.29 is 9.16 Å². The van der Waals surface area contributed by atoms with Crippen molar-refractivity contribution in [1.82, 2.24) is 5.32 Å². The van der Waals surface area contributed by atoms with E-state index < -0.39 is 8.32 Å². The number of hydrogen-bond donors (Lipinski definition) is 1. The molecule has 2 aliphatic rings. The Bertz CT molecular complexity index is 262. The molecule has 0 radical (unpaired) electrons. The zero-order valence-electron chi connectivity index (χ0n) is 11.2. The molecule has 2 aliphatic heterocycles. The molecule has 0 saturated carbocycles. The van der Waals surface area contributed by atoms with Crippen molar-refractivity contribution >= 4 is 8.32 Å². The minimum absolute atomic E-state index is 0.264. The Balaban J connectivity index is 1.99. The van der Waals surface area contributed by atoms with Gasteiger partial charge in [-0.15, -0.1) is 0 Å². The second kappa shape index (κ2) is 4.09. The summed E-state index contributed by atoms with van der Waals surface area (Å²) in [6.45, 7) is 12.4. The molecule has 0 aromatic heterocycles. The molecular formula is C12H25NO2Si. The van der Waals surface area contributed by atoms with Gasteiger partial charge in [0.15, 0.2) is 8.32 Å². The Hall–Kier alpha value is 0.0969. The molecule has 4 heteroatoms. The summed E-state index contributed by atoms with van der Waals surface area (Å²) >= 11 is 0. The average molecular weight is 243 g/mol. The molecule has 3 atom stereocenters. The van der Waals surface area contributed by atoms with Gasteiger partial charge in [-0.1, -0.05) is 20.8 Å². The van der Waals surface area contributed by atoms with Crippen LogP contribution in [-0.4, -0.2) is 33.3 Å². The highest BCUT2D eigenvalue weighted by molar-refractivity contribution is 6.74. The van der Waals surface area contributed by atoms with Crippen LogP contribution in [0.15, 0.2) is 0 Å². The minimum Gasteiger partial charge on any atom is -0.410 e. The number of hydrogen-bond acceptors (Lipinski definition) is 3. The van der Waals surface area contributed by atoms with Crippen molar-refractivity contribution in [3.63, 3.8) is 0 Å². The van der Waals surface area contributed by atoms with Crippen LogP contribution >= 0.6 is 0 Å². The van der Waals surface area contributed by atoms with Gasteiger partial charge in [0.1, 0.15) is 6.23 Å². The predicted molar refractivity (Wildman–Crippen MR) is 68.0 cm³/mol. The van der Waals surface area contributed by atoms with E-state index in [0.717, 1.165) is 19.4 Å². The lowest BCUT2D eigenvalue weighted by atomic mass is 10.1. The molecule has 0 aromatic rings. The van der Waals surface area contributed by atoms with E-state index >= 15 is 0 Å². The van der Waals surface area contributed by atoms with Crippen molar-refractivity contribution in [3.05, 3.63) is 0 Å². The lowest BCUT2D eigenvalue weighted by Gasteiger charge is -2.42. The van der Waals surface area contributed by atoms with Crippen molar-refractivity contribution in [2.75, 3.05) is 6.54 Å².